The zero-order valence-electron chi connectivity index (χ0n) is 32.4. The Bertz CT molecular complexity index is 3220. The van der Waals surface area contributed by atoms with E-state index in [1.807, 2.05) is 49.1 Å². The molecule has 2 atom stereocenters. The maximum atomic E-state index is 4.97. The van der Waals surface area contributed by atoms with Gasteiger partial charge in [-0.05, 0) is 139 Å². The average Bonchev–Trinajstić information content (AvgIpc) is 3.79. The van der Waals surface area contributed by atoms with Crippen molar-refractivity contribution < 1.29 is 0 Å². The Balaban J connectivity index is 1.05. The van der Waals surface area contributed by atoms with E-state index >= 15 is 0 Å². The zero-order chi connectivity index (χ0) is 38.8. The standard InChI is InChI=1S/C52H40N6/c1-51(48-21-6-9-28-53-48)26-7-5-17-42(51)36-23-25-45-41(33-36)50-47(20-13-30-55-50)58(45)38-15-11-14-37(34-38)57-44-24-22-35(32-40(44)49-46(57)19-12-29-54-49)39-16-3-4-18-43(39)52(2)27-8-10-31-56-52/h3-25,28-34H,26-27H2,1-2H3. The summed E-state index contributed by atoms with van der Waals surface area (Å²) in [6.07, 6.45) is 20.3. The van der Waals surface area contributed by atoms with Crippen LogP contribution in [0.25, 0.3) is 71.9 Å². The Morgan fingerprint density at radius 2 is 1.19 bits per heavy atom. The van der Waals surface area contributed by atoms with Crippen LogP contribution in [0.3, 0.4) is 0 Å². The van der Waals surface area contributed by atoms with Gasteiger partial charge in [0.05, 0.1) is 44.3 Å². The van der Waals surface area contributed by atoms with Gasteiger partial charge in [-0.3, -0.25) is 19.9 Å². The van der Waals surface area contributed by atoms with Crippen molar-refractivity contribution in [1.82, 2.24) is 24.1 Å². The summed E-state index contributed by atoms with van der Waals surface area (Å²) in [6.45, 7) is 4.53. The fourth-order valence-electron chi connectivity index (χ4n) is 9.44. The molecule has 0 amide bonds. The molecule has 2 aliphatic rings. The summed E-state index contributed by atoms with van der Waals surface area (Å²) in [7, 11) is 0. The molecule has 6 heteroatoms. The minimum atomic E-state index is -0.318. The van der Waals surface area contributed by atoms with E-state index in [2.05, 4.69) is 156 Å². The molecule has 58 heavy (non-hydrogen) atoms. The molecule has 6 heterocycles. The molecule has 0 fully saturated rings. The van der Waals surface area contributed by atoms with Gasteiger partial charge in [-0.15, -0.1) is 0 Å². The molecule has 0 spiro atoms. The number of hydrogen-bond acceptors (Lipinski definition) is 4. The average molecular weight is 749 g/mol. The Kier molecular flexibility index (Phi) is 7.76. The predicted octanol–water partition coefficient (Wildman–Crippen LogP) is 12.3. The summed E-state index contributed by atoms with van der Waals surface area (Å²) in [5, 5.41) is 2.23. The number of aliphatic imine (C=N–C) groups is 1. The lowest BCUT2D eigenvalue weighted by Crippen LogP contribution is -2.26. The van der Waals surface area contributed by atoms with E-state index in [4.69, 9.17) is 19.9 Å². The summed E-state index contributed by atoms with van der Waals surface area (Å²) < 4.78 is 4.70. The molecule has 278 valence electrons. The van der Waals surface area contributed by atoms with Crippen LogP contribution in [0.4, 0.5) is 0 Å². The third-order valence-corrected chi connectivity index (χ3v) is 12.4. The number of aromatic nitrogens is 5. The number of pyridine rings is 3. The fraction of sp³-hybridized carbons (Fsp3) is 0.115. The molecule has 1 aliphatic carbocycles. The minimum absolute atomic E-state index is 0.245. The van der Waals surface area contributed by atoms with E-state index in [1.165, 1.54) is 22.3 Å². The number of hydrogen-bond donors (Lipinski definition) is 0. The molecule has 1 aliphatic heterocycles. The van der Waals surface area contributed by atoms with Crippen molar-refractivity contribution in [3.8, 4) is 22.5 Å². The first-order valence-corrected chi connectivity index (χ1v) is 20.0. The highest BCUT2D eigenvalue weighted by Gasteiger charge is 2.34. The van der Waals surface area contributed by atoms with Crippen molar-refractivity contribution >= 4 is 55.7 Å². The summed E-state index contributed by atoms with van der Waals surface area (Å²) in [4.78, 5) is 19.7. The molecular formula is C52H40N6. The van der Waals surface area contributed by atoms with Crippen molar-refractivity contribution in [3.63, 3.8) is 0 Å². The summed E-state index contributed by atoms with van der Waals surface area (Å²) in [5.41, 5.74) is 15.0. The van der Waals surface area contributed by atoms with Gasteiger partial charge in [-0.2, -0.15) is 0 Å². The molecule has 0 saturated heterocycles. The molecule has 0 saturated carbocycles. The van der Waals surface area contributed by atoms with E-state index in [-0.39, 0.29) is 11.0 Å². The third-order valence-electron chi connectivity index (χ3n) is 12.4. The van der Waals surface area contributed by atoms with Crippen LogP contribution in [0.2, 0.25) is 0 Å². The molecule has 5 aromatic heterocycles. The summed E-state index contributed by atoms with van der Waals surface area (Å²) >= 11 is 0. The van der Waals surface area contributed by atoms with Crippen molar-refractivity contribution in [1.29, 1.82) is 0 Å². The van der Waals surface area contributed by atoms with Crippen LogP contribution in [-0.2, 0) is 11.0 Å². The lowest BCUT2D eigenvalue weighted by Gasteiger charge is -2.33. The monoisotopic (exact) mass is 748 g/mol. The van der Waals surface area contributed by atoms with Gasteiger partial charge in [0.2, 0.25) is 0 Å². The SMILES string of the molecule is CC1(c2ccccc2-c2ccc3c(c2)c2ncccc2n3-c2cccc(-n3c4ccc(C5=CC=CCC5(C)c5ccccn5)cc4c4ncccc43)c2)CC=CC=N1. The van der Waals surface area contributed by atoms with Crippen molar-refractivity contribution in [3.05, 3.63) is 193 Å². The number of fused-ring (bicyclic) bond motifs is 6. The first kappa shape index (κ1) is 34.1. The topological polar surface area (TPSA) is 60.9 Å². The van der Waals surface area contributed by atoms with E-state index in [0.717, 1.165) is 79.3 Å². The minimum Gasteiger partial charge on any atom is -0.308 e. The molecule has 0 N–H and O–H groups in total. The van der Waals surface area contributed by atoms with E-state index < -0.39 is 0 Å². The number of allylic oxidation sites excluding steroid dienone is 5. The smallest absolute Gasteiger partial charge is 0.0963 e. The number of nitrogens with zero attached hydrogens (tertiary/aromatic N) is 6. The van der Waals surface area contributed by atoms with Gasteiger partial charge in [0.15, 0.2) is 0 Å². The molecule has 0 radical (unpaired) electrons. The Morgan fingerprint density at radius 1 is 0.534 bits per heavy atom. The van der Waals surface area contributed by atoms with Crippen LogP contribution in [0.1, 0.15) is 43.5 Å². The third kappa shape index (κ3) is 5.25. The van der Waals surface area contributed by atoms with Crippen molar-refractivity contribution in [2.75, 3.05) is 0 Å². The van der Waals surface area contributed by atoms with Crippen LogP contribution in [0.15, 0.2) is 181 Å². The Morgan fingerprint density at radius 3 is 1.88 bits per heavy atom. The highest BCUT2D eigenvalue weighted by Crippen LogP contribution is 2.45. The molecule has 2 unspecified atom stereocenters. The van der Waals surface area contributed by atoms with Gasteiger partial charge < -0.3 is 9.13 Å². The lowest BCUT2D eigenvalue weighted by molar-refractivity contribution is 0.506. The zero-order valence-corrected chi connectivity index (χ0v) is 32.4. The van der Waals surface area contributed by atoms with Crippen LogP contribution in [-0.4, -0.2) is 30.3 Å². The quantitative estimate of drug-likeness (QED) is 0.170. The second kappa shape index (κ2) is 13.2. The number of benzene rings is 4. The van der Waals surface area contributed by atoms with Gasteiger partial charge in [-0.25, -0.2) is 0 Å². The summed E-state index contributed by atoms with van der Waals surface area (Å²) in [6, 6.07) is 45.8. The first-order chi connectivity index (χ1) is 28.5. The van der Waals surface area contributed by atoms with Crippen LogP contribution < -0.4 is 0 Å². The van der Waals surface area contributed by atoms with Gasteiger partial charge in [0.1, 0.15) is 0 Å². The van der Waals surface area contributed by atoms with Gasteiger partial charge in [-0.1, -0.05) is 72.8 Å². The molecule has 6 nitrogen and oxygen atoms in total. The fourth-order valence-corrected chi connectivity index (χ4v) is 9.44. The van der Waals surface area contributed by atoms with E-state index in [1.54, 1.807) is 0 Å². The van der Waals surface area contributed by atoms with Crippen molar-refractivity contribution in [2.24, 2.45) is 4.99 Å². The number of dihydropyridines is 1. The van der Waals surface area contributed by atoms with Crippen LogP contribution in [0.5, 0.6) is 0 Å². The van der Waals surface area contributed by atoms with Gasteiger partial charge >= 0.3 is 0 Å². The second-order valence-corrected chi connectivity index (χ2v) is 15.9. The largest absolute Gasteiger partial charge is 0.308 e. The Labute approximate surface area is 336 Å². The predicted molar refractivity (Wildman–Crippen MR) is 239 cm³/mol. The number of rotatable bonds is 6. The molecule has 4 aromatic carbocycles. The highest BCUT2D eigenvalue weighted by molar-refractivity contribution is 6.10. The van der Waals surface area contributed by atoms with Crippen LogP contribution in [0, 0.1) is 0 Å². The maximum Gasteiger partial charge on any atom is 0.0963 e. The highest BCUT2D eigenvalue weighted by atomic mass is 15.0. The van der Waals surface area contributed by atoms with Crippen molar-refractivity contribution in [2.45, 2.75) is 37.6 Å². The van der Waals surface area contributed by atoms with E-state index in [9.17, 15) is 0 Å². The maximum absolute atomic E-state index is 4.97. The molecule has 0 bridgehead atoms. The Hall–Kier alpha value is -7.18. The first-order valence-electron chi connectivity index (χ1n) is 20.0. The lowest BCUT2D eigenvalue weighted by atomic mass is 9.71. The molecule has 9 aromatic rings. The summed E-state index contributed by atoms with van der Waals surface area (Å²) in [5.74, 6) is 0. The van der Waals surface area contributed by atoms with E-state index in [0.29, 0.717) is 0 Å². The molecular weight excluding hydrogens is 709 g/mol. The normalized spacial score (nSPS) is 19.1. The molecule has 11 rings (SSSR count). The second-order valence-electron chi connectivity index (χ2n) is 15.9. The van der Waals surface area contributed by atoms with Gasteiger partial charge in [0.25, 0.3) is 0 Å². The van der Waals surface area contributed by atoms with Gasteiger partial charge in [0, 0.05) is 52.4 Å². The van der Waals surface area contributed by atoms with Crippen LogP contribution >= 0.6 is 0 Å².